The van der Waals surface area contributed by atoms with Gasteiger partial charge in [-0.25, -0.2) is 9.38 Å². The smallest absolute Gasteiger partial charge is 0.233 e. The Morgan fingerprint density at radius 1 is 1.08 bits per heavy atom. The number of anilines is 2. The van der Waals surface area contributed by atoms with E-state index in [0.717, 1.165) is 12.8 Å². The molecule has 0 saturated heterocycles. The highest BCUT2D eigenvalue weighted by Gasteiger charge is 2.30. The first-order chi connectivity index (χ1) is 17.8. The Kier molecular flexibility index (Phi) is 10.2. The van der Waals surface area contributed by atoms with Crippen LogP contribution in [-0.4, -0.2) is 57.6 Å². The molecule has 3 rings (SSSR count). The fourth-order valence-electron chi connectivity index (χ4n) is 3.80. The van der Waals surface area contributed by atoms with Gasteiger partial charge in [-0.3, -0.25) is 9.59 Å². The van der Waals surface area contributed by atoms with E-state index < -0.39 is 11.7 Å². The quantitative estimate of drug-likeness (QED) is 0.228. The van der Waals surface area contributed by atoms with E-state index in [1.54, 1.807) is 57.7 Å². The molecule has 2 aromatic rings. The highest BCUT2D eigenvalue weighted by molar-refractivity contribution is 6.03. The van der Waals surface area contributed by atoms with Gasteiger partial charge in [0.15, 0.2) is 0 Å². The molecule has 1 fully saturated rings. The molecule has 1 aliphatic carbocycles. The average molecular weight is 513 g/mol. The molecule has 10 heteroatoms. The molecule has 2 amide bonds. The van der Waals surface area contributed by atoms with Crippen molar-refractivity contribution in [2.45, 2.75) is 38.3 Å². The van der Waals surface area contributed by atoms with E-state index in [9.17, 15) is 14.0 Å². The van der Waals surface area contributed by atoms with E-state index in [0.29, 0.717) is 35.6 Å². The minimum absolute atomic E-state index is 0.0508. The van der Waals surface area contributed by atoms with Crippen LogP contribution in [0.4, 0.5) is 15.8 Å². The van der Waals surface area contributed by atoms with Crippen LogP contribution in [0.15, 0.2) is 41.4 Å². The van der Waals surface area contributed by atoms with Gasteiger partial charge in [-0.15, -0.1) is 0 Å². The maximum Gasteiger partial charge on any atom is 0.233 e. The number of carbonyl (C=O) groups excluding carboxylic acids is 2. The third kappa shape index (κ3) is 8.12. The molecule has 37 heavy (non-hydrogen) atoms. The standard InChI is InChI=1S/C27H33FN4O5/c1-5-29-27(26-17(2)12-22(15-23(26)28)37-11-10-35-3)32-19-8-6-18(7-9-19)30-24(33)16-25(34)31-20-13-21(14-20)36-4/h5-9,12,15,20-21,32H,2,10-11,13-14,16H2,1,3-4H3,(H,30,33)(H,31,34)/b27-26-,29-5-. The summed E-state index contributed by atoms with van der Waals surface area (Å²) in [6, 6.07) is 9.74. The van der Waals surface area contributed by atoms with Crippen molar-refractivity contribution in [3.8, 4) is 5.75 Å². The zero-order valence-electron chi connectivity index (χ0n) is 21.3. The van der Waals surface area contributed by atoms with Crippen LogP contribution in [0.25, 0.3) is 12.4 Å². The van der Waals surface area contributed by atoms with Crippen molar-refractivity contribution in [1.29, 1.82) is 0 Å². The Hall–Kier alpha value is -3.76. The number of nitrogens with zero attached hydrogens (tertiary/aromatic N) is 1. The van der Waals surface area contributed by atoms with Crippen LogP contribution in [0.1, 0.15) is 26.2 Å². The van der Waals surface area contributed by atoms with Crippen LogP contribution < -0.4 is 31.1 Å². The fraction of sp³-hybridized carbons (Fsp3) is 0.370. The number of methoxy groups -OCH3 is 2. The number of nitrogens with one attached hydrogen (secondary N) is 3. The number of aliphatic imine (C=N–C) groups is 1. The van der Waals surface area contributed by atoms with E-state index >= 15 is 0 Å². The molecular weight excluding hydrogens is 479 g/mol. The van der Waals surface area contributed by atoms with Crippen molar-refractivity contribution in [3.63, 3.8) is 0 Å². The first-order valence-corrected chi connectivity index (χ1v) is 11.9. The summed E-state index contributed by atoms with van der Waals surface area (Å²) < 4.78 is 30.6. The molecule has 1 saturated carbocycles. The molecule has 9 nitrogen and oxygen atoms in total. The molecule has 0 radical (unpaired) electrons. The second-order valence-corrected chi connectivity index (χ2v) is 8.54. The summed E-state index contributed by atoms with van der Waals surface area (Å²) in [6.07, 6.45) is 2.95. The fourth-order valence-corrected chi connectivity index (χ4v) is 3.80. The van der Waals surface area contributed by atoms with Gasteiger partial charge in [-0.2, -0.15) is 0 Å². The molecule has 0 atom stereocenters. The molecule has 3 N–H and O–H groups in total. The minimum atomic E-state index is -0.533. The van der Waals surface area contributed by atoms with Crippen LogP contribution in [-0.2, 0) is 19.1 Å². The molecule has 0 aliphatic heterocycles. The van der Waals surface area contributed by atoms with Crippen LogP contribution in [0.2, 0.25) is 0 Å². The van der Waals surface area contributed by atoms with Crippen LogP contribution >= 0.6 is 0 Å². The molecule has 0 heterocycles. The number of rotatable bonds is 12. The molecule has 1 aliphatic rings. The van der Waals surface area contributed by atoms with Gasteiger partial charge < -0.3 is 30.2 Å². The van der Waals surface area contributed by atoms with Crippen molar-refractivity contribution >= 4 is 41.8 Å². The monoisotopic (exact) mass is 512 g/mol. The Balaban J connectivity index is 1.64. The number of ether oxygens (including phenoxy) is 3. The lowest BCUT2D eigenvalue weighted by molar-refractivity contribution is -0.128. The van der Waals surface area contributed by atoms with Gasteiger partial charge in [-0.05, 0) is 55.3 Å². The number of halogens is 1. The average Bonchev–Trinajstić information content (AvgIpc) is 2.82. The predicted octanol–water partition coefficient (Wildman–Crippen LogP) is 2.15. The molecule has 198 valence electrons. The van der Waals surface area contributed by atoms with Crippen molar-refractivity contribution in [1.82, 2.24) is 5.32 Å². The first-order valence-electron chi connectivity index (χ1n) is 11.9. The SMILES string of the molecule is C=c1cc(OCCOC)cc(F)/c1=C(/N=C\C)Nc1ccc(NC(=O)CC(=O)NC2CC(OC)C2)cc1. The van der Waals surface area contributed by atoms with E-state index in [4.69, 9.17) is 14.2 Å². The summed E-state index contributed by atoms with van der Waals surface area (Å²) in [4.78, 5) is 28.6. The number of hydrogen-bond acceptors (Lipinski definition) is 7. The van der Waals surface area contributed by atoms with Crippen molar-refractivity contribution in [3.05, 3.63) is 52.7 Å². The highest BCUT2D eigenvalue weighted by Crippen LogP contribution is 2.22. The Labute approximate surface area is 215 Å². The lowest BCUT2D eigenvalue weighted by Gasteiger charge is -2.34. The summed E-state index contributed by atoms with van der Waals surface area (Å²) in [5.74, 6) is -0.652. The second kappa shape index (κ2) is 13.5. The summed E-state index contributed by atoms with van der Waals surface area (Å²) in [5, 5.41) is 9.24. The van der Waals surface area contributed by atoms with Crippen molar-refractivity contribution in [2.75, 3.05) is 38.1 Å². The molecule has 0 unspecified atom stereocenters. The van der Waals surface area contributed by atoms with Gasteiger partial charge in [0, 0.05) is 43.9 Å². The van der Waals surface area contributed by atoms with E-state index in [1.165, 1.54) is 6.07 Å². The minimum Gasteiger partial charge on any atom is -0.491 e. The lowest BCUT2D eigenvalue weighted by Crippen LogP contribution is -2.48. The van der Waals surface area contributed by atoms with Gasteiger partial charge in [-0.1, -0.05) is 6.58 Å². The maximum atomic E-state index is 15.0. The third-order valence-corrected chi connectivity index (χ3v) is 5.74. The topological polar surface area (TPSA) is 110 Å². The van der Waals surface area contributed by atoms with E-state index in [2.05, 4.69) is 27.5 Å². The summed E-state index contributed by atoms with van der Waals surface area (Å²) in [7, 11) is 3.20. The van der Waals surface area contributed by atoms with Gasteiger partial charge in [0.2, 0.25) is 11.8 Å². The largest absolute Gasteiger partial charge is 0.491 e. The first kappa shape index (κ1) is 27.8. The number of hydrogen-bond donors (Lipinski definition) is 3. The van der Waals surface area contributed by atoms with E-state index in [1.807, 2.05) is 0 Å². The lowest BCUT2D eigenvalue weighted by atomic mass is 9.89. The van der Waals surface area contributed by atoms with Gasteiger partial charge in [0.25, 0.3) is 0 Å². The second-order valence-electron chi connectivity index (χ2n) is 8.54. The van der Waals surface area contributed by atoms with Crippen molar-refractivity contribution in [2.24, 2.45) is 4.99 Å². The molecule has 0 spiro atoms. The Bertz CT molecular complexity index is 1230. The highest BCUT2D eigenvalue weighted by atomic mass is 19.1. The van der Waals surface area contributed by atoms with Crippen molar-refractivity contribution < 1.29 is 28.2 Å². The van der Waals surface area contributed by atoms with Gasteiger partial charge >= 0.3 is 0 Å². The van der Waals surface area contributed by atoms with Crippen LogP contribution in [0.3, 0.4) is 0 Å². The number of benzene rings is 2. The summed E-state index contributed by atoms with van der Waals surface area (Å²) >= 11 is 0. The summed E-state index contributed by atoms with van der Waals surface area (Å²) in [5.41, 5.74) is 1.14. The molecule has 0 bridgehead atoms. The number of amides is 2. The van der Waals surface area contributed by atoms with Crippen LogP contribution in [0.5, 0.6) is 5.75 Å². The third-order valence-electron chi connectivity index (χ3n) is 5.74. The van der Waals surface area contributed by atoms with E-state index in [-0.39, 0.29) is 35.5 Å². The Morgan fingerprint density at radius 2 is 1.76 bits per heavy atom. The molecule has 0 aromatic heterocycles. The number of carbonyl (C=O) groups is 2. The van der Waals surface area contributed by atoms with Crippen LogP contribution in [0, 0.1) is 5.82 Å². The summed E-state index contributed by atoms with van der Waals surface area (Å²) in [6.45, 7) is 6.34. The predicted molar refractivity (Wildman–Crippen MR) is 141 cm³/mol. The Morgan fingerprint density at radius 3 is 2.35 bits per heavy atom. The van der Waals surface area contributed by atoms with Gasteiger partial charge in [0.1, 0.15) is 30.4 Å². The zero-order valence-corrected chi connectivity index (χ0v) is 21.3. The van der Waals surface area contributed by atoms with Gasteiger partial charge in [0.05, 0.1) is 17.9 Å². The maximum absolute atomic E-state index is 15.0. The molecular formula is C27H33FN4O5. The molecule has 2 aromatic carbocycles. The normalized spacial score (nSPS) is 17.6. The zero-order chi connectivity index (χ0) is 26.8.